The Balaban J connectivity index is 3.07. The summed E-state index contributed by atoms with van der Waals surface area (Å²) in [6, 6.07) is 0. The Morgan fingerprint density at radius 3 is 1.74 bits per heavy atom. The van der Waals surface area contributed by atoms with Gasteiger partial charge in [0.05, 0.1) is 6.61 Å². The monoisotopic (exact) mass is 270 g/mol. The molecule has 0 radical (unpaired) electrons. The normalized spacial score (nSPS) is 10.4. The molecule has 0 aromatic carbocycles. The third-order valence-electron chi connectivity index (χ3n) is 3.13. The fourth-order valence-electron chi connectivity index (χ4n) is 1.92. The van der Waals surface area contributed by atoms with E-state index in [0.29, 0.717) is 18.8 Å². The number of hydrogen-bond donors (Lipinski definition) is 1. The number of esters is 1. The molecule has 0 aromatic rings. The van der Waals surface area contributed by atoms with Gasteiger partial charge in [-0.1, -0.05) is 57.9 Å². The molecule has 0 heterocycles. The summed E-state index contributed by atoms with van der Waals surface area (Å²) in [5.74, 6) is -0.275. The van der Waals surface area contributed by atoms with Crippen LogP contribution < -0.4 is 0 Å². The summed E-state index contributed by atoms with van der Waals surface area (Å²) >= 11 is 0. The highest BCUT2D eigenvalue weighted by Gasteiger charge is 2.01. The first-order chi connectivity index (χ1) is 9.18. The maximum absolute atomic E-state index is 11.1. The van der Waals surface area contributed by atoms with Crippen LogP contribution in [0.5, 0.6) is 0 Å². The van der Waals surface area contributed by atoms with Crippen molar-refractivity contribution < 1.29 is 14.6 Å². The second-order valence-electron chi connectivity index (χ2n) is 5.18. The fourth-order valence-corrected chi connectivity index (χ4v) is 1.92. The lowest BCUT2D eigenvalue weighted by atomic mass is 10.1. The maximum atomic E-state index is 11.1. The molecule has 0 rings (SSSR count). The van der Waals surface area contributed by atoms with Gasteiger partial charge in [-0.05, 0) is 19.8 Å². The molecular weight excluding hydrogens is 240 g/mol. The van der Waals surface area contributed by atoms with Crippen molar-refractivity contribution in [1.29, 1.82) is 0 Å². The predicted molar refractivity (Wildman–Crippen MR) is 79.0 cm³/mol. The van der Waals surface area contributed by atoms with Gasteiger partial charge >= 0.3 is 5.97 Å². The number of unbranched alkanes of at least 4 members (excludes halogenated alkanes) is 9. The van der Waals surface area contributed by atoms with E-state index in [4.69, 9.17) is 9.84 Å². The average Bonchev–Trinajstić information content (AvgIpc) is 2.39. The van der Waals surface area contributed by atoms with E-state index in [1.165, 1.54) is 38.5 Å². The molecule has 0 unspecified atom stereocenters. The van der Waals surface area contributed by atoms with E-state index in [1.807, 2.05) is 0 Å². The number of carbonyl (C=O) groups is 1. The summed E-state index contributed by atoms with van der Waals surface area (Å²) in [6.45, 7) is 6.06. The SMILES string of the molecule is C=C(C)C(=O)OCCCCCCCCCCCCO. The molecule has 0 aromatic heterocycles. The van der Waals surface area contributed by atoms with E-state index in [-0.39, 0.29) is 5.97 Å². The number of hydrogen-bond acceptors (Lipinski definition) is 3. The van der Waals surface area contributed by atoms with Gasteiger partial charge in [-0.3, -0.25) is 0 Å². The molecule has 0 saturated carbocycles. The van der Waals surface area contributed by atoms with Crippen molar-refractivity contribution in [2.45, 2.75) is 71.1 Å². The zero-order valence-electron chi connectivity index (χ0n) is 12.5. The predicted octanol–water partition coefficient (Wildman–Crippen LogP) is 4.00. The maximum Gasteiger partial charge on any atom is 0.333 e. The smallest absolute Gasteiger partial charge is 0.333 e. The highest BCUT2D eigenvalue weighted by Crippen LogP contribution is 2.10. The van der Waals surface area contributed by atoms with Crippen molar-refractivity contribution in [1.82, 2.24) is 0 Å². The Bertz CT molecular complexity index is 236. The van der Waals surface area contributed by atoms with E-state index in [1.54, 1.807) is 6.92 Å². The van der Waals surface area contributed by atoms with Crippen LogP contribution in [0.15, 0.2) is 12.2 Å². The standard InChI is InChI=1S/C16H30O3/c1-15(2)16(18)19-14-12-10-8-6-4-3-5-7-9-11-13-17/h17H,1,3-14H2,2H3. The van der Waals surface area contributed by atoms with E-state index in [0.717, 1.165) is 25.7 Å². The van der Waals surface area contributed by atoms with Crippen molar-refractivity contribution in [2.24, 2.45) is 0 Å². The van der Waals surface area contributed by atoms with Crippen LogP contribution in [0.25, 0.3) is 0 Å². The van der Waals surface area contributed by atoms with Gasteiger partial charge in [0.25, 0.3) is 0 Å². The van der Waals surface area contributed by atoms with Crippen LogP contribution in [0.2, 0.25) is 0 Å². The van der Waals surface area contributed by atoms with E-state index < -0.39 is 0 Å². The van der Waals surface area contributed by atoms with Gasteiger partial charge in [0.15, 0.2) is 0 Å². The number of aliphatic hydroxyl groups excluding tert-OH is 1. The molecule has 112 valence electrons. The molecule has 0 aliphatic carbocycles. The topological polar surface area (TPSA) is 46.5 Å². The molecule has 0 atom stereocenters. The lowest BCUT2D eigenvalue weighted by Gasteiger charge is -2.04. The summed E-state index contributed by atoms with van der Waals surface area (Å²) in [6.07, 6.45) is 11.8. The molecule has 0 saturated heterocycles. The third-order valence-corrected chi connectivity index (χ3v) is 3.13. The minimum atomic E-state index is -0.275. The Kier molecular flexibility index (Phi) is 13.0. The first-order valence-corrected chi connectivity index (χ1v) is 7.62. The van der Waals surface area contributed by atoms with Crippen LogP contribution in [0.4, 0.5) is 0 Å². The van der Waals surface area contributed by atoms with E-state index in [9.17, 15) is 4.79 Å². The Labute approximate surface area is 118 Å². The molecule has 19 heavy (non-hydrogen) atoms. The first-order valence-electron chi connectivity index (χ1n) is 7.62. The molecule has 0 spiro atoms. The Morgan fingerprint density at radius 2 is 1.32 bits per heavy atom. The first kappa shape index (κ1) is 18.2. The van der Waals surface area contributed by atoms with E-state index >= 15 is 0 Å². The molecule has 0 aliphatic heterocycles. The van der Waals surface area contributed by atoms with Crippen LogP contribution in [-0.4, -0.2) is 24.3 Å². The minimum absolute atomic E-state index is 0.275. The second-order valence-corrected chi connectivity index (χ2v) is 5.18. The van der Waals surface area contributed by atoms with E-state index in [2.05, 4.69) is 6.58 Å². The number of carbonyl (C=O) groups excluding carboxylic acids is 1. The van der Waals surface area contributed by atoms with Crippen molar-refractivity contribution in [3.8, 4) is 0 Å². The minimum Gasteiger partial charge on any atom is -0.462 e. The Hall–Kier alpha value is -0.830. The van der Waals surface area contributed by atoms with Gasteiger partial charge in [-0.2, -0.15) is 0 Å². The summed E-state index contributed by atoms with van der Waals surface area (Å²) < 4.78 is 5.03. The second kappa shape index (κ2) is 13.6. The zero-order valence-corrected chi connectivity index (χ0v) is 12.5. The third kappa shape index (κ3) is 13.4. The van der Waals surface area contributed by atoms with Gasteiger partial charge in [-0.15, -0.1) is 0 Å². The quantitative estimate of drug-likeness (QED) is 0.312. The van der Waals surface area contributed by atoms with Crippen LogP contribution >= 0.6 is 0 Å². The van der Waals surface area contributed by atoms with Gasteiger partial charge in [0.1, 0.15) is 0 Å². The largest absolute Gasteiger partial charge is 0.462 e. The number of ether oxygens (including phenoxy) is 1. The van der Waals surface area contributed by atoms with Gasteiger partial charge in [0.2, 0.25) is 0 Å². The number of rotatable bonds is 13. The molecule has 0 aliphatic rings. The van der Waals surface area contributed by atoms with Crippen LogP contribution in [0, 0.1) is 0 Å². The van der Waals surface area contributed by atoms with Crippen molar-refractivity contribution in [3.63, 3.8) is 0 Å². The molecule has 0 amide bonds. The summed E-state index contributed by atoms with van der Waals surface area (Å²) in [4.78, 5) is 11.1. The molecule has 3 nitrogen and oxygen atoms in total. The van der Waals surface area contributed by atoms with Crippen LogP contribution in [-0.2, 0) is 9.53 Å². The fraction of sp³-hybridized carbons (Fsp3) is 0.812. The summed E-state index contributed by atoms with van der Waals surface area (Å²) in [5.41, 5.74) is 0.473. The number of aliphatic hydroxyl groups is 1. The van der Waals surface area contributed by atoms with Crippen LogP contribution in [0.3, 0.4) is 0 Å². The lowest BCUT2D eigenvalue weighted by Crippen LogP contribution is -2.05. The highest BCUT2D eigenvalue weighted by atomic mass is 16.5. The van der Waals surface area contributed by atoms with Crippen molar-refractivity contribution >= 4 is 5.97 Å². The van der Waals surface area contributed by atoms with Gasteiger partial charge < -0.3 is 9.84 Å². The molecule has 1 N–H and O–H groups in total. The van der Waals surface area contributed by atoms with Crippen molar-refractivity contribution in [3.05, 3.63) is 12.2 Å². The highest BCUT2D eigenvalue weighted by molar-refractivity contribution is 5.86. The average molecular weight is 270 g/mol. The molecular formula is C16H30O3. The Morgan fingerprint density at radius 1 is 0.895 bits per heavy atom. The van der Waals surface area contributed by atoms with Gasteiger partial charge in [-0.25, -0.2) is 4.79 Å². The summed E-state index contributed by atoms with van der Waals surface area (Å²) in [5, 5.41) is 8.64. The lowest BCUT2D eigenvalue weighted by molar-refractivity contribution is -0.139. The van der Waals surface area contributed by atoms with Gasteiger partial charge in [0, 0.05) is 12.2 Å². The molecule has 0 bridgehead atoms. The van der Waals surface area contributed by atoms with Crippen LogP contribution in [0.1, 0.15) is 71.1 Å². The molecule has 0 fully saturated rings. The van der Waals surface area contributed by atoms with Crippen molar-refractivity contribution in [2.75, 3.05) is 13.2 Å². The molecule has 3 heteroatoms. The summed E-state index contributed by atoms with van der Waals surface area (Å²) in [7, 11) is 0. The zero-order chi connectivity index (χ0) is 14.3.